The van der Waals surface area contributed by atoms with Crippen LogP contribution in [0, 0.1) is 6.92 Å². The Labute approximate surface area is 186 Å². The first-order chi connectivity index (χ1) is 15.6. The van der Waals surface area contributed by atoms with Crippen molar-refractivity contribution in [3.05, 3.63) is 47.2 Å². The van der Waals surface area contributed by atoms with E-state index in [0.717, 1.165) is 35.7 Å². The van der Waals surface area contributed by atoms with Crippen molar-refractivity contribution in [1.29, 1.82) is 0 Å². The molecule has 5 rings (SSSR count). The second-order valence-corrected chi connectivity index (χ2v) is 8.09. The van der Waals surface area contributed by atoms with Gasteiger partial charge < -0.3 is 19.7 Å². The van der Waals surface area contributed by atoms with Gasteiger partial charge >= 0.3 is 0 Å². The van der Waals surface area contributed by atoms with Crippen molar-refractivity contribution >= 4 is 17.5 Å². The van der Waals surface area contributed by atoms with E-state index in [9.17, 15) is 4.79 Å². The summed E-state index contributed by atoms with van der Waals surface area (Å²) in [5, 5.41) is 16.5. The van der Waals surface area contributed by atoms with Crippen LogP contribution >= 0.6 is 0 Å². The SMILES string of the molecule is COc1cccc([C@H]2CC(=O)Nc3c2c(C)nn3-c2ccc(N3CCCC3)nn2)c1OC. The Hall–Kier alpha value is -3.62. The number of carbonyl (C=O) groups excluding carboxylic acids is 1. The van der Waals surface area contributed by atoms with Gasteiger partial charge in [0.2, 0.25) is 5.91 Å². The molecule has 2 aliphatic rings. The Morgan fingerprint density at radius 2 is 1.78 bits per heavy atom. The van der Waals surface area contributed by atoms with Crippen LogP contribution in [-0.4, -0.2) is 53.2 Å². The fraction of sp³-hybridized carbons (Fsp3) is 0.391. The highest BCUT2D eigenvalue weighted by Crippen LogP contribution is 2.45. The number of carbonyl (C=O) groups is 1. The van der Waals surface area contributed by atoms with Gasteiger partial charge in [0.25, 0.3) is 0 Å². The van der Waals surface area contributed by atoms with Crippen LogP contribution in [0.1, 0.15) is 42.0 Å². The predicted molar refractivity (Wildman–Crippen MR) is 120 cm³/mol. The molecule has 32 heavy (non-hydrogen) atoms. The van der Waals surface area contributed by atoms with Gasteiger partial charge in [0.15, 0.2) is 23.1 Å². The Balaban J connectivity index is 1.57. The van der Waals surface area contributed by atoms with E-state index >= 15 is 0 Å². The van der Waals surface area contributed by atoms with Gasteiger partial charge in [0, 0.05) is 36.6 Å². The minimum atomic E-state index is -0.214. The molecule has 1 saturated heterocycles. The summed E-state index contributed by atoms with van der Waals surface area (Å²) in [6, 6.07) is 9.58. The smallest absolute Gasteiger partial charge is 0.226 e. The van der Waals surface area contributed by atoms with Crippen LogP contribution in [-0.2, 0) is 4.79 Å². The van der Waals surface area contributed by atoms with Crippen LogP contribution in [0.15, 0.2) is 30.3 Å². The van der Waals surface area contributed by atoms with Crippen molar-refractivity contribution in [3.63, 3.8) is 0 Å². The molecule has 1 aromatic carbocycles. The fourth-order valence-corrected chi connectivity index (χ4v) is 4.71. The van der Waals surface area contributed by atoms with Crippen molar-refractivity contribution in [2.75, 3.05) is 37.5 Å². The molecule has 9 heteroatoms. The number of aryl methyl sites for hydroxylation is 1. The minimum Gasteiger partial charge on any atom is -0.493 e. The standard InChI is InChI=1S/C23H26N6O3/c1-14-21-16(15-7-6-8-17(31-2)22(15)32-3)13-20(30)24-23(21)29(27-14)19-10-9-18(25-26-19)28-11-4-5-12-28/h6-10,16H,4-5,11-13H2,1-3H3,(H,24,30)/t16-/m1/s1. The highest BCUT2D eigenvalue weighted by Gasteiger charge is 2.35. The van der Waals surface area contributed by atoms with Crippen LogP contribution in [0.2, 0.25) is 0 Å². The molecule has 166 valence electrons. The van der Waals surface area contributed by atoms with Crippen LogP contribution < -0.4 is 19.7 Å². The van der Waals surface area contributed by atoms with Crippen LogP contribution in [0.5, 0.6) is 11.5 Å². The van der Waals surface area contributed by atoms with E-state index in [1.807, 2.05) is 37.3 Å². The Morgan fingerprint density at radius 1 is 1.03 bits per heavy atom. The maximum atomic E-state index is 12.7. The molecule has 3 aromatic rings. The molecule has 1 amide bonds. The van der Waals surface area contributed by atoms with E-state index in [4.69, 9.17) is 14.6 Å². The molecule has 0 radical (unpaired) electrons. The zero-order chi connectivity index (χ0) is 22.2. The van der Waals surface area contributed by atoms with E-state index in [0.29, 0.717) is 29.6 Å². The number of hydrogen-bond acceptors (Lipinski definition) is 7. The predicted octanol–water partition coefficient (Wildman–Crippen LogP) is 3.06. The molecule has 4 heterocycles. The minimum absolute atomic E-state index is 0.0878. The number of benzene rings is 1. The van der Waals surface area contributed by atoms with Crippen LogP contribution in [0.25, 0.3) is 5.82 Å². The number of ether oxygens (including phenoxy) is 2. The first kappa shape index (κ1) is 20.3. The lowest BCUT2D eigenvalue weighted by Gasteiger charge is -2.26. The normalized spacial score (nSPS) is 17.8. The number of para-hydroxylation sites is 1. The van der Waals surface area contributed by atoms with E-state index in [2.05, 4.69) is 20.4 Å². The topological polar surface area (TPSA) is 94.4 Å². The summed E-state index contributed by atoms with van der Waals surface area (Å²) in [5.41, 5.74) is 2.66. The molecule has 0 bridgehead atoms. The fourth-order valence-electron chi connectivity index (χ4n) is 4.71. The Bertz CT molecular complexity index is 1150. The Morgan fingerprint density at radius 3 is 2.47 bits per heavy atom. The summed E-state index contributed by atoms with van der Waals surface area (Å²) in [5.74, 6) is 3.01. The number of aromatic nitrogens is 4. The summed E-state index contributed by atoms with van der Waals surface area (Å²) in [6.45, 7) is 3.95. The van der Waals surface area contributed by atoms with Gasteiger partial charge in [0.1, 0.15) is 5.82 Å². The molecular formula is C23H26N6O3. The van der Waals surface area contributed by atoms with Gasteiger partial charge in [-0.1, -0.05) is 12.1 Å². The first-order valence-corrected chi connectivity index (χ1v) is 10.8. The average Bonchev–Trinajstić information content (AvgIpc) is 3.46. The number of nitrogens with zero attached hydrogens (tertiary/aromatic N) is 5. The van der Waals surface area contributed by atoms with Gasteiger partial charge in [-0.3, -0.25) is 4.79 Å². The summed E-state index contributed by atoms with van der Waals surface area (Å²) in [7, 11) is 3.22. The molecule has 2 aromatic heterocycles. The molecule has 9 nitrogen and oxygen atoms in total. The van der Waals surface area contributed by atoms with E-state index in [1.165, 1.54) is 12.8 Å². The van der Waals surface area contributed by atoms with Gasteiger partial charge in [-0.2, -0.15) is 9.78 Å². The number of rotatable bonds is 5. The second kappa shape index (κ2) is 8.14. The molecule has 0 unspecified atom stereocenters. The van der Waals surface area contributed by atoms with Gasteiger partial charge in [-0.25, -0.2) is 0 Å². The quantitative estimate of drug-likeness (QED) is 0.659. The maximum Gasteiger partial charge on any atom is 0.226 e. The van der Waals surface area contributed by atoms with Gasteiger partial charge in [-0.15, -0.1) is 10.2 Å². The molecular weight excluding hydrogens is 408 g/mol. The van der Waals surface area contributed by atoms with Gasteiger partial charge in [0.05, 0.1) is 19.9 Å². The first-order valence-electron chi connectivity index (χ1n) is 10.8. The van der Waals surface area contributed by atoms with Crippen LogP contribution in [0.4, 0.5) is 11.6 Å². The molecule has 2 aliphatic heterocycles. The number of nitrogens with one attached hydrogen (secondary N) is 1. The third-order valence-electron chi connectivity index (χ3n) is 6.19. The third kappa shape index (κ3) is 3.34. The van der Waals surface area contributed by atoms with E-state index < -0.39 is 0 Å². The maximum absolute atomic E-state index is 12.7. The molecule has 1 N–H and O–H groups in total. The summed E-state index contributed by atoms with van der Waals surface area (Å²) in [6.07, 6.45) is 2.65. The molecule has 1 atom stereocenters. The molecule has 0 saturated carbocycles. The monoisotopic (exact) mass is 434 g/mol. The molecule has 0 aliphatic carbocycles. The van der Waals surface area contributed by atoms with Crippen molar-refractivity contribution < 1.29 is 14.3 Å². The summed E-state index contributed by atoms with van der Waals surface area (Å²) >= 11 is 0. The van der Waals surface area contributed by atoms with Crippen molar-refractivity contribution in [3.8, 4) is 17.3 Å². The number of anilines is 2. The van der Waals surface area contributed by atoms with Crippen molar-refractivity contribution in [1.82, 2.24) is 20.0 Å². The molecule has 0 spiro atoms. The van der Waals surface area contributed by atoms with Crippen molar-refractivity contribution in [2.45, 2.75) is 32.1 Å². The highest BCUT2D eigenvalue weighted by molar-refractivity contribution is 5.95. The lowest BCUT2D eigenvalue weighted by molar-refractivity contribution is -0.116. The average molecular weight is 435 g/mol. The lowest BCUT2D eigenvalue weighted by Crippen LogP contribution is -2.25. The zero-order valence-electron chi connectivity index (χ0n) is 18.5. The van der Waals surface area contributed by atoms with E-state index in [-0.39, 0.29) is 11.8 Å². The highest BCUT2D eigenvalue weighted by atomic mass is 16.5. The number of amides is 1. The summed E-state index contributed by atoms with van der Waals surface area (Å²) < 4.78 is 12.8. The number of fused-ring (bicyclic) bond motifs is 1. The third-order valence-corrected chi connectivity index (χ3v) is 6.19. The molecule has 1 fully saturated rings. The zero-order valence-corrected chi connectivity index (χ0v) is 18.5. The number of methoxy groups -OCH3 is 2. The summed E-state index contributed by atoms with van der Waals surface area (Å²) in [4.78, 5) is 14.9. The Kier molecular flexibility index (Phi) is 5.16. The second-order valence-electron chi connectivity index (χ2n) is 8.09. The van der Waals surface area contributed by atoms with E-state index in [1.54, 1.807) is 18.9 Å². The van der Waals surface area contributed by atoms with Gasteiger partial charge in [-0.05, 0) is 38.0 Å². The largest absolute Gasteiger partial charge is 0.493 e. The lowest BCUT2D eigenvalue weighted by atomic mass is 9.85. The van der Waals surface area contributed by atoms with Crippen molar-refractivity contribution in [2.24, 2.45) is 0 Å². The number of hydrogen-bond donors (Lipinski definition) is 1. The van der Waals surface area contributed by atoms with Crippen LogP contribution in [0.3, 0.4) is 0 Å².